The van der Waals surface area contributed by atoms with E-state index in [0.29, 0.717) is 0 Å². The number of rotatable bonds is 5. The van der Waals surface area contributed by atoms with Crippen molar-refractivity contribution < 1.29 is 54.4 Å². The zero-order valence-corrected chi connectivity index (χ0v) is 15.0. The smallest absolute Gasteiger partial charge is 0.337 e. The summed E-state index contributed by atoms with van der Waals surface area (Å²) < 4.78 is 21.0. The molecule has 158 valence electrons. The minimum atomic E-state index is -1.79. The summed E-state index contributed by atoms with van der Waals surface area (Å²) in [6, 6.07) is 0. The van der Waals surface area contributed by atoms with Crippen LogP contribution in [0.4, 0.5) is 0 Å². The lowest BCUT2D eigenvalue weighted by Crippen LogP contribution is -2.61. The average Bonchev–Trinajstić information content (AvgIpc) is 3.06. The summed E-state index contributed by atoms with van der Waals surface area (Å²) in [7, 11) is 1.19. The van der Waals surface area contributed by atoms with E-state index in [4.69, 9.17) is 18.9 Å². The Balaban J connectivity index is 1.85. The third-order valence-electron chi connectivity index (χ3n) is 5.33. The van der Waals surface area contributed by atoms with Crippen molar-refractivity contribution in [1.29, 1.82) is 0 Å². The van der Waals surface area contributed by atoms with Gasteiger partial charge < -0.3 is 49.6 Å². The third-order valence-corrected chi connectivity index (χ3v) is 5.33. The monoisotopic (exact) mass is 404 g/mol. The molecule has 9 atom stereocenters. The van der Waals surface area contributed by atoms with Gasteiger partial charge in [-0.3, -0.25) is 0 Å². The van der Waals surface area contributed by atoms with Crippen LogP contribution in [0.5, 0.6) is 0 Å². The van der Waals surface area contributed by atoms with Crippen LogP contribution in [0.25, 0.3) is 0 Å². The molecule has 3 rings (SSSR count). The van der Waals surface area contributed by atoms with Gasteiger partial charge in [-0.05, 0) is 0 Å². The number of aliphatic hydroxyl groups excluding tert-OH is 5. The molecule has 0 radical (unpaired) electrons. The van der Waals surface area contributed by atoms with Gasteiger partial charge in [-0.2, -0.15) is 0 Å². The van der Waals surface area contributed by atoms with Crippen LogP contribution in [-0.4, -0.2) is 99.5 Å². The quantitative estimate of drug-likeness (QED) is 0.200. The van der Waals surface area contributed by atoms with E-state index < -0.39 is 73.6 Å². The van der Waals surface area contributed by atoms with Gasteiger partial charge in [-0.1, -0.05) is 12.2 Å². The van der Waals surface area contributed by atoms with Crippen molar-refractivity contribution in [3.63, 3.8) is 0 Å². The van der Waals surface area contributed by atoms with Gasteiger partial charge in [0, 0.05) is 5.92 Å². The molecule has 8 unspecified atom stereocenters. The molecule has 1 aliphatic carbocycles. The fraction of sp³-hybridized carbons (Fsp3) is 0.706. The molecule has 0 aromatic carbocycles. The minimum Gasteiger partial charge on any atom is -0.471 e. The lowest BCUT2D eigenvalue weighted by molar-refractivity contribution is -0.346. The fourth-order valence-electron chi connectivity index (χ4n) is 3.71. The number of hydrogen-bond acceptors (Lipinski definition) is 11. The van der Waals surface area contributed by atoms with Crippen LogP contribution in [0, 0.1) is 11.8 Å². The highest BCUT2D eigenvalue weighted by Gasteiger charge is 2.55. The summed E-state index contributed by atoms with van der Waals surface area (Å²) in [6.07, 6.45) is -4.99. The van der Waals surface area contributed by atoms with E-state index in [9.17, 15) is 35.4 Å². The Morgan fingerprint density at radius 1 is 1.18 bits per heavy atom. The Labute approximate surface area is 160 Å². The van der Waals surface area contributed by atoms with Crippen molar-refractivity contribution in [1.82, 2.24) is 0 Å². The zero-order chi connectivity index (χ0) is 20.6. The molecule has 0 amide bonds. The molecule has 2 heterocycles. The van der Waals surface area contributed by atoms with E-state index in [1.165, 1.54) is 19.3 Å². The largest absolute Gasteiger partial charge is 0.471 e. The Hall–Kier alpha value is -1.57. The topological polar surface area (TPSA) is 175 Å². The molecule has 11 heteroatoms. The van der Waals surface area contributed by atoms with Gasteiger partial charge in [0.05, 0.1) is 38.1 Å². The van der Waals surface area contributed by atoms with Gasteiger partial charge in [-0.25, -0.2) is 4.79 Å². The molecule has 1 fully saturated rings. The highest BCUT2D eigenvalue weighted by Crippen LogP contribution is 2.45. The average molecular weight is 404 g/mol. The van der Waals surface area contributed by atoms with Crippen molar-refractivity contribution in [3.8, 4) is 0 Å². The van der Waals surface area contributed by atoms with Crippen molar-refractivity contribution in [2.24, 2.45) is 11.8 Å². The van der Waals surface area contributed by atoms with E-state index >= 15 is 0 Å². The first kappa shape index (κ1) is 21.1. The molecule has 2 aliphatic heterocycles. The van der Waals surface area contributed by atoms with E-state index in [2.05, 4.69) is 0 Å². The van der Waals surface area contributed by atoms with E-state index in [1.54, 1.807) is 0 Å². The van der Waals surface area contributed by atoms with Crippen LogP contribution >= 0.6 is 0 Å². The molecule has 28 heavy (non-hydrogen) atoms. The summed E-state index contributed by atoms with van der Waals surface area (Å²) >= 11 is 0. The Kier molecular flexibility index (Phi) is 6.08. The number of hydrogen-bond donors (Lipinski definition) is 6. The number of carbonyl (C=O) groups excluding carboxylic acids is 1. The second kappa shape index (κ2) is 8.05. The van der Waals surface area contributed by atoms with Crippen molar-refractivity contribution in [2.45, 2.75) is 42.6 Å². The van der Waals surface area contributed by atoms with Gasteiger partial charge in [0.1, 0.15) is 30.0 Å². The Morgan fingerprint density at radius 3 is 2.50 bits per heavy atom. The maximum atomic E-state index is 12.0. The molecule has 0 saturated carbocycles. The first-order valence-electron chi connectivity index (χ1n) is 8.69. The number of methoxy groups -OCH3 is 1. The summed E-state index contributed by atoms with van der Waals surface area (Å²) in [4.78, 5) is 12.0. The predicted octanol–water partition coefficient (Wildman–Crippen LogP) is -3.26. The lowest BCUT2D eigenvalue weighted by Gasteiger charge is -2.44. The Bertz CT molecular complexity index is 647. The van der Waals surface area contributed by atoms with Crippen molar-refractivity contribution in [2.75, 3.05) is 20.3 Å². The summed E-state index contributed by atoms with van der Waals surface area (Å²) in [5.74, 6) is -2.40. The molecular formula is C17H24O11. The third kappa shape index (κ3) is 3.44. The van der Waals surface area contributed by atoms with Crippen molar-refractivity contribution in [3.05, 3.63) is 24.0 Å². The minimum absolute atomic E-state index is 0.0989. The summed E-state index contributed by atoms with van der Waals surface area (Å²) in [6.45, 7) is -1.34. The molecule has 0 spiro atoms. The number of carbonyl (C=O) groups is 1. The van der Waals surface area contributed by atoms with E-state index in [0.717, 1.165) is 6.26 Å². The first-order valence-corrected chi connectivity index (χ1v) is 8.69. The molecule has 3 aliphatic rings. The van der Waals surface area contributed by atoms with Gasteiger partial charge >= 0.3 is 5.97 Å². The van der Waals surface area contributed by atoms with Gasteiger partial charge in [0.25, 0.3) is 0 Å². The standard InChI is InChI=1S/C17H24O11/c1-25-14(23)8-5-26-15(10-7(8)2-3-17(10,24)6-19)28-16-13(22)12(21)11(20)9(4-18)27-16/h2-3,5,7,9-13,15-16,18-22,24H,4,6H2,1H3/t7?,9?,10?,11?,12?,13?,15?,16?,17-/m1/s1. The first-order chi connectivity index (χ1) is 13.3. The molecule has 0 bridgehead atoms. The number of fused-ring (bicyclic) bond motifs is 1. The highest BCUT2D eigenvalue weighted by atomic mass is 16.8. The van der Waals surface area contributed by atoms with Crippen LogP contribution in [-0.2, 0) is 23.7 Å². The summed E-state index contributed by atoms with van der Waals surface area (Å²) in [5.41, 5.74) is -1.70. The predicted molar refractivity (Wildman–Crippen MR) is 88.0 cm³/mol. The lowest BCUT2D eigenvalue weighted by atomic mass is 9.79. The van der Waals surface area contributed by atoms with Gasteiger partial charge in [-0.15, -0.1) is 0 Å². The maximum absolute atomic E-state index is 12.0. The van der Waals surface area contributed by atoms with Gasteiger partial charge in [0.15, 0.2) is 6.29 Å². The number of ether oxygens (including phenoxy) is 4. The normalized spacial score (nSPS) is 45.2. The second-order valence-electron chi connectivity index (χ2n) is 6.96. The molecule has 6 N–H and O–H groups in total. The van der Waals surface area contributed by atoms with E-state index in [1.807, 2.05) is 0 Å². The molecule has 1 saturated heterocycles. The SMILES string of the molecule is COC(=O)C1=COC(OC2OC(CO)C(O)C(O)C2O)C2C1C=C[C@@]2(O)CO. The molecular weight excluding hydrogens is 380 g/mol. The number of aliphatic hydroxyl groups is 6. The Morgan fingerprint density at radius 2 is 1.89 bits per heavy atom. The fourth-order valence-corrected chi connectivity index (χ4v) is 3.71. The maximum Gasteiger partial charge on any atom is 0.337 e. The van der Waals surface area contributed by atoms with Crippen LogP contribution < -0.4 is 0 Å². The van der Waals surface area contributed by atoms with Crippen LogP contribution in [0.3, 0.4) is 0 Å². The van der Waals surface area contributed by atoms with Gasteiger partial charge in [0.2, 0.25) is 6.29 Å². The highest BCUT2D eigenvalue weighted by molar-refractivity contribution is 5.89. The second-order valence-corrected chi connectivity index (χ2v) is 6.96. The number of allylic oxidation sites excluding steroid dienone is 1. The molecule has 0 aromatic rings. The van der Waals surface area contributed by atoms with Crippen LogP contribution in [0.15, 0.2) is 24.0 Å². The molecule has 0 aromatic heterocycles. The zero-order valence-electron chi connectivity index (χ0n) is 15.0. The summed E-state index contributed by atoms with van der Waals surface area (Å²) in [5, 5.41) is 59.5. The van der Waals surface area contributed by atoms with E-state index in [-0.39, 0.29) is 5.57 Å². The van der Waals surface area contributed by atoms with Crippen LogP contribution in [0.1, 0.15) is 0 Å². The van der Waals surface area contributed by atoms with Crippen molar-refractivity contribution >= 4 is 5.97 Å². The number of esters is 1. The molecule has 11 nitrogen and oxygen atoms in total. The van der Waals surface area contributed by atoms with Crippen LogP contribution in [0.2, 0.25) is 0 Å².